The SMILES string of the molecule is NCC(NC(=O)CC1(CN)CCCCC1)C1CCCCC1. The molecule has 0 radical (unpaired) electrons. The molecule has 0 heterocycles. The van der Waals surface area contributed by atoms with Gasteiger partial charge in [-0.25, -0.2) is 0 Å². The molecule has 0 bridgehead atoms. The van der Waals surface area contributed by atoms with Crippen LogP contribution >= 0.6 is 0 Å². The number of amides is 1. The van der Waals surface area contributed by atoms with Crippen LogP contribution in [0, 0.1) is 11.3 Å². The Balaban J connectivity index is 1.86. The largest absolute Gasteiger partial charge is 0.352 e. The van der Waals surface area contributed by atoms with E-state index in [1.165, 1.54) is 51.4 Å². The molecule has 2 aliphatic carbocycles. The Bertz CT molecular complexity index is 320. The van der Waals surface area contributed by atoms with Crippen molar-refractivity contribution >= 4 is 5.91 Å². The first kappa shape index (κ1) is 16.8. The lowest BCUT2D eigenvalue weighted by molar-refractivity contribution is -0.125. The van der Waals surface area contributed by atoms with Gasteiger partial charge in [0.05, 0.1) is 0 Å². The Kier molecular flexibility index (Phi) is 6.49. The highest BCUT2D eigenvalue weighted by molar-refractivity contribution is 5.77. The van der Waals surface area contributed by atoms with Crippen molar-refractivity contribution in [1.29, 1.82) is 0 Å². The van der Waals surface area contributed by atoms with Gasteiger partial charge in [0.15, 0.2) is 0 Å². The topological polar surface area (TPSA) is 81.1 Å². The standard InChI is InChI=1S/C17H33N3O/c18-12-15(14-7-3-1-4-8-14)20-16(21)11-17(13-19)9-5-2-6-10-17/h14-15H,1-13,18-19H2,(H,20,21). The molecule has 1 unspecified atom stereocenters. The van der Waals surface area contributed by atoms with Gasteiger partial charge < -0.3 is 16.8 Å². The number of carbonyl (C=O) groups excluding carboxylic acids is 1. The maximum atomic E-state index is 12.5. The number of hydrogen-bond donors (Lipinski definition) is 3. The normalized spacial score (nSPS) is 24.5. The van der Waals surface area contributed by atoms with Gasteiger partial charge in [-0.2, -0.15) is 0 Å². The average Bonchev–Trinajstić information content (AvgIpc) is 2.54. The molecule has 2 saturated carbocycles. The molecule has 2 aliphatic rings. The van der Waals surface area contributed by atoms with E-state index in [0.717, 1.165) is 12.8 Å². The molecule has 2 rings (SSSR count). The lowest BCUT2D eigenvalue weighted by atomic mass is 9.71. The molecular weight excluding hydrogens is 262 g/mol. The van der Waals surface area contributed by atoms with Crippen LogP contribution in [0.5, 0.6) is 0 Å². The van der Waals surface area contributed by atoms with Crippen molar-refractivity contribution in [2.45, 2.75) is 76.7 Å². The monoisotopic (exact) mass is 295 g/mol. The van der Waals surface area contributed by atoms with Crippen molar-refractivity contribution in [3.05, 3.63) is 0 Å². The predicted molar refractivity (Wildman–Crippen MR) is 86.7 cm³/mol. The number of rotatable bonds is 6. The van der Waals surface area contributed by atoms with Gasteiger partial charge in [-0.1, -0.05) is 38.5 Å². The second-order valence-corrected chi connectivity index (χ2v) is 7.25. The zero-order valence-corrected chi connectivity index (χ0v) is 13.4. The highest BCUT2D eigenvalue weighted by Crippen LogP contribution is 2.38. The van der Waals surface area contributed by atoms with Gasteiger partial charge in [-0.05, 0) is 43.6 Å². The molecule has 0 aromatic heterocycles. The van der Waals surface area contributed by atoms with Crippen LogP contribution in [0.2, 0.25) is 0 Å². The van der Waals surface area contributed by atoms with E-state index in [1.54, 1.807) is 0 Å². The smallest absolute Gasteiger partial charge is 0.220 e. The number of nitrogens with two attached hydrogens (primary N) is 2. The molecule has 0 aromatic rings. The summed E-state index contributed by atoms with van der Waals surface area (Å²) < 4.78 is 0. The summed E-state index contributed by atoms with van der Waals surface area (Å²) in [6, 6.07) is 0.163. The van der Waals surface area contributed by atoms with Crippen molar-refractivity contribution in [1.82, 2.24) is 5.32 Å². The van der Waals surface area contributed by atoms with E-state index in [4.69, 9.17) is 11.5 Å². The zero-order chi connectivity index (χ0) is 15.1. The van der Waals surface area contributed by atoms with E-state index in [2.05, 4.69) is 5.32 Å². The summed E-state index contributed by atoms with van der Waals surface area (Å²) >= 11 is 0. The molecule has 0 aliphatic heterocycles. The van der Waals surface area contributed by atoms with Crippen LogP contribution in [0.15, 0.2) is 0 Å². The van der Waals surface area contributed by atoms with Crippen molar-refractivity contribution in [3.8, 4) is 0 Å². The van der Waals surface area contributed by atoms with Crippen LogP contribution in [0.1, 0.15) is 70.6 Å². The Hall–Kier alpha value is -0.610. The lowest BCUT2D eigenvalue weighted by Crippen LogP contribution is -2.48. The molecule has 5 N–H and O–H groups in total. The first-order chi connectivity index (χ1) is 10.2. The third-order valence-electron chi connectivity index (χ3n) is 5.70. The number of carbonyl (C=O) groups is 1. The van der Waals surface area contributed by atoms with Gasteiger partial charge in [0.1, 0.15) is 0 Å². The van der Waals surface area contributed by atoms with Crippen LogP contribution in [-0.4, -0.2) is 25.0 Å². The molecule has 4 heteroatoms. The first-order valence-electron chi connectivity index (χ1n) is 8.89. The van der Waals surface area contributed by atoms with Gasteiger partial charge in [-0.3, -0.25) is 4.79 Å². The maximum absolute atomic E-state index is 12.5. The van der Waals surface area contributed by atoms with Crippen LogP contribution in [0.25, 0.3) is 0 Å². The molecule has 21 heavy (non-hydrogen) atoms. The van der Waals surface area contributed by atoms with Crippen molar-refractivity contribution in [2.75, 3.05) is 13.1 Å². The van der Waals surface area contributed by atoms with Gasteiger partial charge >= 0.3 is 0 Å². The Morgan fingerprint density at radius 2 is 1.67 bits per heavy atom. The highest BCUT2D eigenvalue weighted by Gasteiger charge is 2.34. The third kappa shape index (κ3) is 4.68. The van der Waals surface area contributed by atoms with Crippen LogP contribution in [0.3, 0.4) is 0 Å². The van der Waals surface area contributed by atoms with Crippen LogP contribution in [0.4, 0.5) is 0 Å². The molecule has 4 nitrogen and oxygen atoms in total. The minimum Gasteiger partial charge on any atom is -0.352 e. The summed E-state index contributed by atoms with van der Waals surface area (Å²) in [5.74, 6) is 0.747. The summed E-state index contributed by atoms with van der Waals surface area (Å²) in [7, 11) is 0. The molecule has 122 valence electrons. The van der Waals surface area contributed by atoms with Gasteiger partial charge in [0, 0.05) is 19.0 Å². The fraction of sp³-hybridized carbons (Fsp3) is 0.941. The summed E-state index contributed by atoms with van der Waals surface area (Å²) in [5, 5.41) is 3.22. The summed E-state index contributed by atoms with van der Waals surface area (Å²) in [6.45, 7) is 1.20. The molecule has 0 spiro atoms. The molecule has 1 atom stereocenters. The quantitative estimate of drug-likeness (QED) is 0.703. The number of nitrogens with one attached hydrogen (secondary N) is 1. The second kappa shape index (κ2) is 8.14. The van der Waals surface area contributed by atoms with Gasteiger partial charge in [0.2, 0.25) is 5.91 Å². The van der Waals surface area contributed by atoms with Crippen molar-refractivity contribution in [2.24, 2.45) is 22.8 Å². The molecule has 2 fully saturated rings. The summed E-state index contributed by atoms with van der Waals surface area (Å²) in [5.41, 5.74) is 11.9. The van der Waals surface area contributed by atoms with E-state index in [0.29, 0.717) is 25.4 Å². The van der Waals surface area contributed by atoms with Gasteiger partial charge in [0.25, 0.3) is 0 Å². The highest BCUT2D eigenvalue weighted by atomic mass is 16.1. The zero-order valence-electron chi connectivity index (χ0n) is 13.4. The lowest BCUT2D eigenvalue weighted by Gasteiger charge is -2.37. The summed E-state index contributed by atoms with van der Waals surface area (Å²) in [6.07, 6.45) is 12.8. The maximum Gasteiger partial charge on any atom is 0.220 e. The van der Waals surface area contributed by atoms with E-state index < -0.39 is 0 Å². The number of hydrogen-bond acceptors (Lipinski definition) is 3. The molecular formula is C17H33N3O. The molecule has 0 aromatic carbocycles. The minimum atomic E-state index is 0.0496. The average molecular weight is 295 g/mol. The first-order valence-corrected chi connectivity index (χ1v) is 8.89. The molecule has 0 saturated heterocycles. The fourth-order valence-electron chi connectivity index (χ4n) is 4.26. The molecule has 1 amide bonds. The van der Waals surface area contributed by atoms with Crippen LogP contribution in [-0.2, 0) is 4.79 Å². The minimum absolute atomic E-state index is 0.0496. The van der Waals surface area contributed by atoms with E-state index in [1.807, 2.05) is 0 Å². The third-order valence-corrected chi connectivity index (χ3v) is 5.70. The fourth-order valence-corrected chi connectivity index (χ4v) is 4.26. The van der Waals surface area contributed by atoms with E-state index in [9.17, 15) is 4.79 Å². The van der Waals surface area contributed by atoms with E-state index in [-0.39, 0.29) is 17.4 Å². The Morgan fingerprint density at radius 1 is 1.05 bits per heavy atom. The second-order valence-electron chi connectivity index (χ2n) is 7.25. The predicted octanol–water partition coefficient (Wildman–Crippen LogP) is 2.31. The summed E-state index contributed by atoms with van der Waals surface area (Å²) in [4.78, 5) is 12.5. The Labute approximate surface area is 129 Å². The van der Waals surface area contributed by atoms with Crippen molar-refractivity contribution in [3.63, 3.8) is 0 Å². The van der Waals surface area contributed by atoms with Crippen molar-refractivity contribution < 1.29 is 4.79 Å². The van der Waals surface area contributed by atoms with Crippen LogP contribution < -0.4 is 16.8 Å². The Morgan fingerprint density at radius 3 is 2.24 bits per heavy atom. The van der Waals surface area contributed by atoms with E-state index >= 15 is 0 Å². The van der Waals surface area contributed by atoms with Gasteiger partial charge in [-0.15, -0.1) is 0 Å².